The first-order chi connectivity index (χ1) is 6.99. The molecule has 3 N–H and O–H groups in total. The van der Waals surface area contributed by atoms with Gasteiger partial charge in [-0.1, -0.05) is 5.10 Å². The van der Waals surface area contributed by atoms with E-state index in [2.05, 4.69) is 26.0 Å². The summed E-state index contributed by atoms with van der Waals surface area (Å²) in [6, 6.07) is -1.68. The molecule has 0 radical (unpaired) electrons. The predicted octanol–water partition coefficient (Wildman–Crippen LogP) is -1.20. The van der Waals surface area contributed by atoms with Crippen LogP contribution in [0.3, 0.4) is 0 Å². The van der Waals surface area contributed by atoms with Crippen LogP contribution in [0, 0.1) is 0 Å². The number of anilines is 1. The minimum absolute atomic E-state index is 0.00703. The molecule has 0 saturated carbocycles. The molecule has 9 heteroatoms. The first-order valence-corrected chi connectivity index (χ1v) is 4.03. The van der Waals surface area contributed by atoms with Crippen molar-refractivity contribution in [2.45, 2.75) is 13.0 Å². The quantitative estimate of drug-likeness (QED) is 0.581. The molecule has 1 atom stereocenters. The number of carboxylic acid groups (broad SMARTS) is 1. The fraction of sp³-hybridized carbons (Fsp3) is 0.500. The number of carbonyl (C=O) groups is 2. The van der Waals surface area contributed by atoms with Crippen molar-refractivity contribution in [3.8, 4) is 0 Å². The van der Waals surface area contributed by atoms with Gasteiger partial charge in [-0.15, -0.1) is 5.10 Å². The number of hydrogen-bond acceptors (Lipinski definition) is 5. The van der Waals surface area contributed by atoms with Crippen LogP contribution in [0.2, 0.25) is 0 Å². The molecule has 1 aromatic heterocycles. The van der Waals surface area contributed by atoms with Crippen molar-refractivity contribution >= 4 is 17.9 Å². The summed E-state index contributed by atoms with van der Waals surface area (Å²) in [5, 5.41) is 23.6. The number of aryl methyl sites for hydroxylation is 1. The van der Waals surface area contributed by atoms with Gasteiger partial charge in [-0.3, -0.25) is 10.1 Å². The van der Waals surface area contributed by atoms with E-state index in [-0.39, 0.29) is 5.95 Å². The molecule has 1 rings (SSSR count). The van der Waals surface area contributed by atoms with E-state index in [1.165, 1.54) is 14.0 Å². The Kier molecular flexibility index (Phi) is 3.16. The van der Waals surface area contributed by atoms with Gasteiger partial charge in [0.1, 0.15) is 6.04 Å². The number of amides is 2. The van der Waals surface area contributed by atoms with Crippen LogP contribution >= 0.6 is 0 Å². The standard InChI is InChI=1S/C6H10N6O3/c1-3(4(13)14)7-6(15)8-5-9-11-12(2)10-5/h3H,1-2H3,(H,13,14)(H2,7,8,10,15). The Balaban J connectivity index is 2.46. The molecule has 0 spiro atoms. The molecular weight excluding hydrogens is 204 g/mol. The van der Waals surface area contributed by atoms with Crippen LogP contribution < -0.4 is 10.6 Å². The molecule has 2 amide bonds. The maximum Gasteiger partial charge on any atom is 0.325 e. The zero-order valence-electron chi connectivity index (χ0n) is 8.13. The van der Waals surface area contributed by atoms with Crippen molar-refractivity contribution in [1.29, 1.82) is 0 Å². The van der Waals surface area contributed by atoms with E-state index in [0.29, 0.717) is 0 Å². The topological polar surface area (TPSA) is 122 Å². The van der Waals surface area contributed by atoms with Crippen molar-refractivity contribution in [1.82, 2.24) is 25.5 Å². The predicted molar refractivity (Wildman–Crippen MR) is 48.1 cm³/mol. The lowest BCUT2D eigenvalue weighted by molar-refractivity contribution is -0.138. The Morgan fingerprint density at radius 2 is 2.20 bits per heavy atom. The fourth-order valence-electron chi connectivity index (χ4n) is 0.730. The summed E-state index contributed by atoms with van der Waals surface area (Å²) in [7, 11) is 1.54. The molecule has 82 valence electrons. The lowest BCUT2D eigenvalue weighted by Gasteiger charge is -2.07. The number of carbonyl (C=O) groups excluding carboxylic acids is 1. The highest BCUT2D eigenvalue weighted by molar-refractivity contribution is 5.90. The molecule has 0 aliphatic carbocycles. The summed E-state index contributed by atoms with van der Waals surface area (Å²) in [5.74, 6) is -1.12. The van der Waals surface area contributed by atoms with Gasteiger partial charge in [0.25, 0.3) is 5.95 Å². The molecule has 0 fully saturated rings. The zero-order chi connectivity index (χ0) is 11.4. The van der Waals surface area contributed by atoms with E-state index in [1.54, 1.807) is 0 Å². The maximum absolute atomic E-state index is 11.1. The van der Waals surface area contributed by atoms with Crippen LogP contribution in [-0.4, -0.2) is 43.4 Å². The number of aliphatic carboxylic acids is 1. The summed E-state index contributed by atoms with van der Waals surface area (Å²) in [5.41, 5.74) is 0. The van der Waals surface area contributed by atoms with Crippen LogP contribution in [-0.2, 0) is 11.8 Å². The summed E-state index contributed by atoms with van der Waals surface area (Å²) < 4.78 is 0. The normalized spacial score (nSPS) is 11.9. The first kappa shape index (κ1) is 10.9. The number of urea groups is 1. The molecular formula is C6H10N6O3. The summed E-state index contributed by atoms with van der Waals surface area (Å²) >= 11 is 0. The minimum atomic E-state index is -1.13. The van der Waals surface area contributed by atoms with Gasteiger partial charge in [0, 0.05) is 0 Å². The lowest BCUT2D eigenvalue weighted by atomic mass is 10.3. The molecule has 1 aromatic rings. The Labute approximate surface area is 84.5 Å². The van der Waals surface area contributed by atoms with Crippen LogP contribution in [0.25, 0.3) is 0 Å². The van der Waals surface area contributed by atoms with Crippen molar-refractivity contribution < 1.29 is 14.7 Å². The smallest absolute Gasteiger partial charge is 0.325 e. The van der Waals surface area contributed by atoms with Gasteiger partial charge in [0.2, 0.25) is 0 Å². The molecule has 9 nitrogen and oxygen atoms in total. The minimum Gasteiger partial charge on any atom is -0.480 e. The van der Waals surface area contributed by atoms with Gasteiger partial charge in [-0.25, -0.2) is 4.79 Å². The number of nitrogens with zero attached hydrogens (tertiary/aromatic N) is 4. The second kappa shape index (κ2) is 4.35. The largest absolute Gasteiger partial charge is 0.480 e. The van der Waals surface area contributed by atoms with Crippen molar-refractivity contribution in [3.63, 3.8) is 0 Å². The van der Waals surface area contributed by atoms with E-state index in [4.69, 9.17) is 5.11 Å². The average Bonchev–Trinajstić information content (AvgIpc) is 2.50. The monoisotopic (exact) mass is 214 g/mol. The van der Waals surface area contributed by atoms with Crippen LogP contribution in [0.1, 0.15) is 6.92 Å². The zero-order valence-corrected chi connectivity index (χ0v) is 8.13. The third kappa shape index (κ3) is 3.21. The maximum atomic E-state index is 11.1. The molecule has 0 aliphatic heterocycles. The Bertz CT molecular complexity index is 375. The second-order valence-corrected chi connectivity index (χ2v) is 2.76. The number of rotatable bonds is 3. The van der Waals surface area contributed by atoms with Crippen molar-refractivity contribution in [3.05, 3.63) is 0 Å². The number of carboxylic acids is 1. The summed E-state index contributed by atoms with van der Waals surface area (Å²) in [6.07, 6.45) is 0. The van der Waals surface area contributed by atoms with Crippen molar-refractivity contribution in [2.24, 2.45) is 7.05 Å². The lowest BCUT2D eigenvalue weighted by Crippen LogP contribution is -2.41. The van der Waals surface area contributed by atoms with Gasteiger partial charge in [-0.2, -0.15) is 4.80 Å². The Morgan fingerprint density at radius 3 is 2.67 bits per heavy atom. The fourth-order valence-corrected chi connectivity index (χ4v) is 0.730. The number of nitrogens with one attached hydrogen (secondary N) is 2. The Hall–Kier alpha value is -2.19. The summed E-state index contributed by atoms with van der Waals surface area (Å²) in [4.78, 5) is 22.7. The molecule has 1 heterocycles. The van der Waals surface area contributed by atoms with E-state index >= 15 is 0 Å². The third-order valence-corrected chi connectivity index (χ3v) is 1.45. The molecule has 1 unspecified atom stereocenters. The van der Waals surface area contributed by atoms with Crippen molar-refractivity contribution in [2.75, 3.05) is 5.32 Å². The number of tetrazole rings is 1. The molecule has 0 aromatic carbocycles. The molecule has 0 aliphatic rings. The van der Waals surface area contributed by atoms with E-state index < -0.39 is 18.0 Å². The van der Waals surface area contributed by atoms with Crippen LogP contribution in [0.4, 0.5) is 10.7 Å². The van der Waals surface area contributed by atoms with E-state index in [9.17, 15) is 9.59 Å². The summed E-state index contributed by atoms with van der Waals surface area (Å²) in [6.45, 7) is 1.34. The highest BCUT2D eigenvalue weighted by atomic mass is 16.4. The molecule has 0 saturated heterocycles. The number of hydrogen-bond donors (Lipinski definition) is 3. The third-order valence-electron chi connectivity index (χ3n) is 1.45. The van der Waals surface area contributed by atoms with Crippen LogP contribution in [0.5, 0.6) is 0 Å². The molecule has 15 heavy (non-hydrogen) atoms. The van der Waals surface area contributed by atoms with Gasteiger partial charge < -0.3 is 10.4 Å². The van der Waals surface area contributed by atoms with Gasteiger partial charge >= 0.3 is 12.0 Å². The highest BCUT2D eigenvalue weighted by Crippen LogP contribution is 1.92. The van der Waals surface area contributed by atoms with Gasteiger partial charge in [0.05, 0.1) is 7.05 Å². The highest BCUT2D eigenvalue weighted by Gasteiger charge is 2.14. The average molecular weight is 214 g/mol. The molecule has 0 bridgehead atoms. The second-order valence-electron chi connectivity index (χ2n) is 2.76. The van der Waals surface area contributed by atoms with E-state index in [0.717, 1.165) is 4.80 Å². The first-order valence-electron chi connectivity index (χ1n) is 4.03. The van der Waals surface area contributed by atoms with Gasteiger partial charge in [0.15, 0.2) is 0 Å². The van der Waals surface area contributed by atoms with E-state index in [1.807, 2.05) is 0 Å². The SMILES string of the molecule is CC(NC(=O)Nc1nnn(C)n1)C(=O)O. The van der Waals surface area contributed by atoms with Gasteiger partial charge in [-0.05, 0) is 12.1 Å². The number of aromatic nitrogens is 4. The Morgan fingerprint density at radius 1 is 1.53 bits per heavy atom. The van der Waals surface area contributed by atoms with Crippen LogP contribution in [0.15, 0.2) is 0 Å².